The second-order valence-corrected chi connectivity index (χ2v) is 7.00. The second kappa shape index (κ2) is 9.17. The molecule has 0 fully saturated rings. The van der Waals surface area contributed by atoms with Gasteiger partial charge in [0.25, 0.3) is 0 Å². The zero-order valence-electron chi connectivity index (χ0n) is 17.9. The van der Waals surface area contributed by atoms with Crippen molar-refractivity contribution in [3.05, 3.63) is 78.1 Å². The molecule has 0 atom stereocenters. The monoisotopic (exact) mass is 430 g/mol. The molecule has 0 aliphatic rings. The summed E-state index contributed by atoms with van der Waals surface area (Å²) in [7, 11) is 1.59. The number of hydrogen-bond donors (Lipinski definition) is 2. The molecule has 0 aliphatic heterocycles. The average Bonchev–Trinajstić information content (AvgIpc) is 3.14. The van der Waals surface area contributed by atoms with Crippen molar-refractivity contribution in [2.45, 2.75) is 13.8 Å². The largest absolute Gasteiger partial charge is 0.497 e. The number of carbonyl (C=O) groups excluding carboxylic acids is 1. The smallest absolute Gasteiger partial charge is 0.323 e. The summed E-state index contributed by atoms with van der Waals surface area (Å²) in [4.78, 5) is 12.2. The third-order valence-electron chi connectivity index (χ3n) is 4.54. The van der Waals surface area contributed by atoms with E-state index >= 15 is 0 Å². The van der Waals surface area contributed by atoms with Crippen LogP contribution in [0.25, 0.3) is 5.82 Å². The number of anilines is 2. The van der Waals surface area contributed by atoms with E-state index in [1.54, 1.807) is 72.5 Å². The predicted octanol–water partition coefficient (Wildman–Crippen LogP) is 4.72. The Labute approximate surface area is 185 Å². The lowest BCUT2D eigenvalue weighted by Crippen LogP contribution is -2.19. The number of aromatic nitrogens is 4. The topological polar surface area (TPSA) is 103 Å². The van der Waals surface area contributed by atoms with Crippen LogP contribution in [0.5, 0.6) is 17.4 Å². The first-order valence-electron chi connectivity index (χ1n) is 9.87. The first kappa shape index (κ1) is 20.9. The average molecular weight is 430 g/mol. The van der Waals surface area contributed by atoms with E-state index in [0.29, 0.717) is 28.8 Å². The van der Waals surface area contributed by atoms with E-state index in [-0.39, 0.29) is 6.03 Å². The Morgan fingerprint density at radius 1 is 0.844 bits per heavy atom. The summed E-state index contributed by atoms with van der Waals surface area (Å²) < 4.78 is 12.6. The van der Waals surface area contributed by atoms with Gasteiger partial charge in [0.2, 0.25) is 5.88 Å². The molecule has 0 aliphatic carbocycles. The molecule has 2 aromatic carbocycles. The van der Waals surface area contributed by atoms with Gasteiger partial charge in [0.15, 0.2) is 5.82 Å². The molecule has 162 valence electrons. The first-order chi connectivity index (χ1) is 15.5. The van der Waals surface area contributed by atoms with Crippen LogP contribution >= 0.6 is 0 Å². The number of amides is 2. The number of carbonyl (C=O) groups is 1. The molecule has 4 aromatic rings. The molecule has 2 amide bonds. The standard InChI is InChI=1S/C23H22N6O3/c1-15-14-16(2)29(28-15)21-12-13-22(27-26-21)32-20-10-6-18(7-11-20)25-23(30)24-17-4-8-19(31-3)9-5-17/h4-14H,1-3H3,(H2,24,25,30). The lowest BCUT2D eigenvalue weighted by atomic mass is 10.3. The van der Waals surface area contributed by atoms with Gasteiger partial charge in [-0.25, -0.2) is 9.48 Å². The summed E-state index contributed by atoms with van der Waals surface area (Å²) in [6.07, 6.45) is 0. The normalized spacial score (nSPS) is 10.5. The van der Waals surface area contributed by atoms with E-state index in [1.807, 2.05) is 19.9 Å². The number of hydrogen-bond acceptors (Lipinski definition) is 6. The molecule has 0 spiro atoms. The van der Waals surface area contributed by atoms with E-state index < -0.39 is 0 Å². The summed E-state index contributed by atoms with van der Waals surface area (Å²) in [5.41, 5.74) is 3.17. The highest BCUT2D eigenvalue weighted by atomic mass is 16.5. The summed E-state index contributed by atoms with van der Waals surface area (Å²) in [6.45, 7) is 3.88. The highest BCUT2D eigenvalue weighted by Crippen LogP contribution is 2.22. The fourth-order valence-electron chi connectivity index (χ4n) is 3.04. The van der Waals surface area contributed by atoms with Gasteiger partial charge < -0.3 is 20.1 Å². The zero-order valence-corrected chi connectivity index (χ0v) is 17.9. The maximum Gasteiger partial charge on any atom is 0.323 e. The lowest BCUT2D eigenvalue weighted by Gasteiger charge is -2.09. The number of methoxy groups -OCH3 is 1. The highest BCUT2D eigenvalue weighted by molar-refractivity contribution is 5.99. The maximum absolute atomic E-state index is 12.2. The molecule has 0 saturated heterocycles. The number of benzene rings is 2. The Morgan fingerprint density at radius 2 is 1.47 bits per heavy atom. The van der Waals surface area contributed by atoms with Crippen LogP contribution in [-0.2, 0) is 0 Å². The summed E-state index contributed by atoms with van der Waals surface area (Å²) >= 11 is 0. The summed E-state index contributed by atoms with van der Waals surface area (Å²) in [5.74, 6) is 2.26. The van der Waals surface area contributed by atoms with Crippen LogP contribution < -0.4 is 20.1 Å². The minimum absolute atomic E-state index is 0.352. The van der Waals surface area contributed by atoms with Gasteiger partial charge in [0.1, 0.15) is 11.5 Å². The second-order valence-electron chi connectivity index (χ2n) is 7.00. The van der Waals surface area contributed by atoms with Crippen LogP contribution in [0.15, 0.2) is 66.7 Å². The van der Waals surface area contributed by atoms with E-state index in [4.69, 9.17) is 9.47 Å². The van der Waals surface area contributed by atoms with Gasteiger partial charge in [-0.05, 0) is 74.5 Å². The van der Waals surface area contributed by atoms with Crippen molar-refractivity contribution >= 4 is 17.4 Å². The van der Waals surface area contributed by atoms with E-state index in [0.717, 1.165) is 17.1 Å². The van der Waals surface area contributed by atoms with Gasteiger partial charge in [0.05, 0.1) is 12.8 Å². The first-order valence-corrected chi connectivity index (χ1v) is 9.87. The molecular weight excluding hydrogens is 408 g/mol. The van der Waals surface area contributed by atoms with Gasteiger partial charge in [-0.3, -0.25) is 0 Å². The van der Waals surface area contributed by atoms with Crippen molar-refractivity contribution in [2.24, 2.45) is 0 Å². The quantitative estimate of drug-likeness (QED) is 0.459. The molecule has 2 aromatic heterocycles. The van der Waals surface area contributed by atoms with Crippen molar-refractivity contribution in [1.82, 2.24) is 20.0 Å². The van der Waals surface area contributed by atoms with Crippen molar-refractivity contribution in [1.29, 1.82) is 0 Å². The Bertz CT molecular complexity index is 1200. The van der Waals surface area contributed by atoms with Crippen LogP contribution in [-0.4, -0.2) is 33.1 Å². The summed E-state index contributed by atoms with van der Waals surface area (Å²) in [5, 5.41) is 18.2. The van der Waals surface area contributed by atoms with Crippen molar-refractivity contribution < 1.29 is 14.3 Å². The molecule has 9 heteroatoms. The van der Waals surface area contributed by atoms with Crippen LogP contribution in [0.1, 0.15) is 11.4 Å². The van der Waals surface area contributed by atoms with E-state index in [9.17, 15) is 4.79 Å². The molecule has 9 nitrogen and oxygen atoms in total. The van der Waals surface area contributed by atoms with E-state index in [2.05, 4.69) is 25.9 Å². The molecule has 4 rings (SSSR count). The van der Waals surface area contributed by atoms with Crippen molar-refractivity contribution in [3.63, 3.8) is 0 Å². The predicted molar refractivity (Wildman–Crippen MR) is 121 cm³/mol. The molecule has 0 saturated carbocycles. The fourth-order valence-corrected chi connectivity index (χ4v) is 3.04. The third kappa shape index (κ3) is 5.01. The van der Waals surface area contributed by atoms with Gasteiger partial charge in [-0.1, -0.05) is 0 Å². The minimum Gasteiger partial charge on any atom is -0.497 e. The van der Waals surface area contributed by atoms with Crippen molar-refractivity contribution in [2.75, 3.05) is 17.7 Å². The van der Waals surface area contributed by atoms with Crippen LogP contribution in [0.2, 0.25) is 0 Å². The number of aryl methyl sites for hydroxylation is 2. The summed E-state index contributed by atoms with van der Waals surface area (Å²) in [6, 6.07) is 19.2. The fraction of sp³-hybridized carbons (Fsp3) is 0.130. The number of nitrogens with one attached hydrogen (secondary N) is 2. The Kier molecular flexibility index (Phi) is 5.98. The van der Waals surface area contributed by atoms with Gasteiger partial charge in [0, 0.05) is 23.1 Å². The Balaban J connectivity index is 1.34. The molecule has 0 radical (unpaired) electrons. The molecule has 2 heterocycles. The van der Waals surface area contributed by atoms with Crippen LogP contribution in [0, 0.1) is 13.8 Å². The van der Waals surface area contributed by atoms with Gasteiger partial charge >= 0.3 is 6.03 Å². The minimum atomic E-state index is -0.352. The molecule has 0 bridgehead atoms. The molecule has 2 N–H and O–H groups in total. The lowest BCUT2D eigenvalue weighted by molar-refractivity contribution is 0.262. The van der Waals surface area contributed by atoms with Gasteiger partial charge in [-0.2, -0.15) is 5.10 Å². The molecule has 32 heavy (non-hydrogen) atoms. The zero-order chi connectivity index (χ0) is 22.5. The SMILES string of the molecule is COc1ccc(NC(=O)Nc2ccc(Oc3ccc(-n4nc(C)cc4C)nn3)cc2)cc1. The number of rotatable bonds is 6. The van der Waals surface area contributed by atoms with E-state index in [1.165, 1.54) is 0 Å². The number of nitrogens with zero attached hydrogens (tertiary/aromatic N) is 4. The van der Waals surface area contributed by atoms with Crippen LogP contribution in [0.4, 0.5) is 16.2 Å². The van der Waals surface area contributed by atoms with Gasteiger partial charge in [-0.15, -0.1) is 10.2 Å². The maximum atomic E-state index is 12.2. The number of urea groups is 1. The Hall–Kier alpha value is -4.40. The molecular formula is C23H22N6O3. The number of ether oxygens (including phenoxy) is 2. The Morgan fingerprint density at radius 3 is 1.97 bits per heavy atom. The third-order valence-corrected chi connectivity index (χ3v) is 4.54. The molecule has 0 unspecified atom stereocenters. The van der Waals surface area contributed by atoms with Crippen LogP contribution in [0.3, 0.4) is 0 Å². The highest BCUT2D eigenvalue weighted by Gasteiger charge is 2.08. The van der Waals surface area contributed by atoms with Crippen molar-refractivity contribution in [3.8, 4) is 23.2 Å².